The van der Waals surface area contributed by atoms with Crippen molar-refractivity contribution in [2.45, 2.75) is 19.3 Å². The fourth-order valence-corrected chi connectivity index (χ4v) is 11.9. The van der Waals surface area contributed by atoms with Gasteiger partial charge in [-0.2, -0.15) is 0 Å². The van der Waals surface area contributed by atoms with Crippen LogP contribution in [-0.4, -0.2) is 0 Å². The lowest BCUT2D eigenvalue weighted by Gasteiger charge is -2.24. The van der Waals surface area contributed by atoms with Crippen molar-refractivity contribution in [3.63, 3.8) is 0 Å². The van der Waals surface area contributed by atoms with Crippen LogP contribution in [0.25, 0.3) is 131 Å². The largest absolute Gasteiger partial charge is 0.0619 e. The average molecular weight is 797 g/mol. The Balaban J connectivity index is 1.09. The van der Waals surface area contributed by atoms with Gasteiger partial charge in [0.15, 0.2) is 0 Å². The zero-order valence-electron chi connectivity index (χ0n) is 35.1. The summed E-state index contributed by atoms with van der Waals surface area (Å²) in [7, 11) is 0. The summed E-state index contributed by atoms with van der Waals surface area (Å²) < 4.78 is 0. The molecule has 0 heterocycles. The van der Waals surface area contributed by atoms with Gasteiger partial charge in [0.05, 0.1) is 0 Å². The molecule has 0 bridgehead atoms. The van der Waals surface area contributed by atoms with E-state index < -0.39 is 0 Å². The van der Waals surface area contributed by atoms with Gasteiger partial charge in [-0.25, -0.2) is 0 Å². The van der Waals surface area contributed by atoms with E-state index in [1.54, 1.807) is 0 Å². The Morgan fingerprint density at radius 3 is 1.35 bits per heavy atom. The Morgan fingerprint density at radius 1 is 0.254 bits per heavy atom. The zero-order valence-corrected chi connectivity index (χ0v) is 35.1. The first-order valence-electron chi connectivity index (χ1n) is 22.2. The van der Waals surface area contributed by atoms with Crippen molar-refractivity contribution in [1.82, 2.24) is 0 Å². The predicted molar refractivity (Wildman–Crippen MR) is 271 cm³/mol. The van der Waals surface area contributed by atoms with Crippen molar-refractivity contribution in [3.05, 3.63) is 217 Å². The molecule has 0 amide bonds. The summed E-state index contributed by atoms with van der Waals surface area (Å²) in [5.41, 5.74) is 15.3. The number of fused-ring (bicyclic) bond motifs is 4. The van der Waals surface area contributed by atoms with Gasteiger partial charge >= 0.3 is 0 Å². The van der Waals surface area contributed by atoms with Gasteiger partial charge in [0.2, 0.25) is 0 Å². The SMILES string of the molecule is CC1(C)c2ccccc2-c2ccc(-c3cc(-c4ccc5ccc6cccc7ccc4c5c67)c4ccccc4c3-c3ccccc3-c3ccc4ccc5cccc6ccc3c4c56)cc21. The molecule has 0 N–H and O–H groups in total. The van der Waals surface area contributed by atoms with Crippen LogP contribution in [0.4, 0.5) is 0 Å². The lowest BCUT2D eigenvalue weighted by atomic mass is 9.79. The van der Waals surface area contributed by atoms with Gasteiger partial charge in [0, 0.05) is 5.41 Å². The molecule has 0 radical (unpaired) electrons. The van der Waals surface area contributed by atoms with Crippen LogP contribution < -0.4 is 0 Å². The quantitative estimate of drug-likeness (QED) is 0.156. The maximum Gasteiger partial charge on any atom is 0.0159 e. The third-order valence-corrected chi connectivity index (χ3v) is 14.8. The first-order chi connectivity index (χ1) is 31.0. The van der Waals surface area contributed by atoms with Crippen molar-refractivity contribution in [2.75, 3.05) is 0 Å². The van der Waals surface area contributed by atoms with Crippen LogP contribution >= 0.6 is 0 Å². The Labute approximate surface area is 366 Å². The van der Waals surface area contributed by atoms with E-state index in [9.17, 15) is 0 Å². The molecule has 0 atom stereocenters. The summed E-state index contributed by atoms with van der Waals surface area (Å²) in [4.78, 5) is 0. The molecule has 1 aliphatic carbocycles. The zero-order chi connectivity index (χ0) is 41.6. The Hall–Kier alpha value is -7.80. The van der Waals surface area contributed by atoms with Gasteiger partial charge in [-0.05, 0) is 154 Å². The fourth-order valence-electron chi connectivity index (χ4n) is 11.9. The van der Waals surface area contributed by atoms with Gasteiger partial charge in [-0.15, -0.1) is 0 Å². The van der Waals surface area contributed by atoms with Crippen molar-refractivity contribution >= 4 is 75.4 Å². The van der Waals surface area contributed by atoms with Gasteiger partial charge in [0.1, 0.15) is 0 Å². The molecule has 0 nitrogen and oxygen atoms in total. The van der Waals surface area contributed by atoms with E-state index >= 15 is 0 Å². The molecule has 0 unspecified atom stereocenters. The Kier molecular flexibility index (Phi) is 6.99. The van der Waals surface area contributed by atoms with E-state index in [1.807, 2.05) is 0 Å². The highest BCUT2D eigenvalue weighted by Crippen LogP contribution is 2.53. The standard InChI is InChI=1S/C63H40/c1-63(2)56-20-8-7-17-48(56)49-32-29-43(35-57(49)63)54-36-55(47-31-26-42-24-22-38-12-10-14-40-28-34-53(47)61(42)59(38)40)45-16-4-6-19-51(45)62(54)50-18-5-3-15-44(50)46-30-25-41-23-21-37-11-9-13-39-27-33-52(46)60(41)58(37)39/h3-36H,1-2H3. The molecular formula is C63H40. The fraction of sp³-hybridized carbons (Fsp3) is 0.0476. The second kappa shape index (κ2) is 12.6. The molecule has 0 spiro atoms. The molecular weight excluding hydrogens is 757 g/mol. The molecule has 292 valence electrons. The molecule has 13 aromatic carbocycles. The summed E-state index contributed by atoms with van der Waals surface area (Å²) >= 11 is 0. The van der Waals surface area contributed by atoms with Crippen LogP contribution in [0.5, 0.6) is 0 Å². The topological polar surface area (TPSA) is 0 Å². The van der Waals surface area contributed by atoms with E-state index in [0.29, 0.717) is 0 Å². The summed E-state index contributed by atoms with van der Waals surface area (Å²) in [5, 5.41) is 18.2. The van der Waals surface area contributed by atoms with E-state index in [4.69, 9.17) is 0 Å². The number of rotatable bonds is 4. The second-order valence-electron chi connectivity index (χ2n) is 18.3. The first-order valence-corrected chi connectivity index (χ1v) is 22.2. The van der Waals surface area contributed by atoms with Crippen LogP contribution in [0.15, 0.2) is 206 Å². The molecule has 0 aromatic heterocycles. The highest BCUT2D eigenvalue weighted by Gasteiger charge is 2.35. The molecule has 14 rings (SSSR count). The summed E-state index contributed by atoms with van der Waals surface area (Å²) in [6.45, 7) is 4.78. The summed E-state index contributed by atoms with van der Waals surface area (Å²) in [6, 6.07) is 78.3. The molecule has 0 saturated carbocycles. The van der Waals surface area contributed by atoms with Gasteiger partial charge in [-0.3, -0.25) is 0 Å². The molecule has 63 heavy (non-hydrogen) atoms. The molecule has 13 aromatic rings. The highest BCUT2D eigenvalue weighted by molar-refractivity contribution is 6.28. The summed E-state index contributed by atoms with van der Waals surface area (Å²) in [5.74, 6) is 0. The third kappa shape index (κ3) is 4.76. The van der Waals surface area contributed by atoms with E-state index in [2.05, 4.69) is 220 Å². The maximum absolute atomic E-state index is 2.53. The number of hydrogen-bond donors (Lipinski definition) is 0. The molecule has 0 fully saturated rings. The van der Waals surface area contributed by atoms with Gasteiger partial charge in [-0.1, -0.05) is 208 Å². The normalized spacial score (nSPS) is 13.4. The predicted octanol–water partition coefficient (Wildman–Crippen LogP) is 17.6. The monoisotopic (exact) mass is 796 g/mol. The van der Waals surface area contributed by atoms with Gasteiger partial charge < -0.3 is 0 Å². The third-order valence-electron chi connectivity index (χ3n) is 14.8. The summed E-state index contributed by atoms with van der Waals surface area (Å²) in [6.07, 6.45) is 0. The van der Waals surface area contributed by atoms with Crippen LogP contribution in [-0.2, 0) is 5.41 Å². The molecule has 0 heteroatoms. The van der Waals surface area contributed by atoms with Crippen molar-refractivity contribution in [3.8, 4) is 55.6 Å². The second-order valence-corrected chi connectivity index (χ2v) is 18.3. The van der Waals surface area contributed by atoms with Crippen LogP contribution in [0.2, 0.25) is 0 Å². The first kappa shape index (κ1) is 34.9. The lowest BCUT2D eigenvalue weighted by Crippen LogP contribution is -2.14. The molecule has 1 aliphatic rings. The van der Waals surface area contributed by atoms with E-state index in [-0.39, 0.29) is 5.41 Å². The Bertz CT molecular complexity index is 4020. The molecule has 0 saturated heterocycles. The van der Waals surface area contributed by atoms with E-state index in [0.717, 1.165) is 0 Å². The highest BCUT2D eigenvalue weighted by atomic mass is 14.4. The van der Waals surface area contributed by atoms with Gasteiger partial charge in [0.25, 0.3) is 0 Å². The number of benzene rings is 13. The van der Waals surface area contributed by atoms with Crippen LogP contribution in [0.3, 0.4) is 0 Å². The van der Waals surface area contributed by atoms with Crippen LogP contribution in [0, 0.1) is 0 Å². The smallest absolute Gasteiger partial charge is 0.0159 e. The van der Waals surface area contributed by atoms with Crippen molar-refractivity contribution in [1.29, 1.82) is 0 Å². The number of hydrogen-bond acceptors (Lipinski definition) is 0. The lowest BCUT2D eigenvalue weighted by molar-refractivity contribution is 0.660. The molecule has 0 aliphatic heterocycles. The maximum atomic E-state index is 2.53. The minimum Gasteiger partial charge on any atom is -0.0619 e. The van der Waals surface area contributed by atoms with Crippen molar-refractivity contribution < 1.29 is 0 Å². The van der Waals surface area contributed by atoms with E-state index in [1.165, 1.54) is 142 Å². The average Bonchev–Trinajstić information content (AvgIpc) is 3.57. The van der Waals surface area contributed by atoms with Crippen molar-refractivity contribution in [2.24, 2.45) is 0 Å². The minimum absolute atomic E-state index is 0.131. The van der Waals surface area contributed by atoms with Crippen LogP contribution in [0.1, 0.15) is 25.0 Å². The Morgan fingerprint density at radius 2 is 0.714 bits per heavy atom. The minimum atomic E-state index is -0.131.